The molecule has 2 N–H and O–H groups in total. The lowest BCUT2D eigenvalue weighted by molar-refractivity contribution is 0.183. The van der Waals surface area contributed by atoms with Crippen LogP contribution in [0, 0.1) is 12.7 Å². The fourth-order valence-corrected chi connectivity index (χ4v) is 5.31. The van der Waals surface area contributed by atoms with Gasteiger partial charge in [0.15, 0.2) is 0 Å². The van der Waals surface area contributed by atoms with E-state index in [4.69, 9.17) is 10.5 Å². The molecule has 2 aliphatic rings. The molecule has 0 spiro atoms. The molecule has 0 saturated carbocycles. The van der Waals surface area contributed by atoms with Gasteiger partial charge in [-0.25, -0.2) is 14.4 Å². The molecule has 1 atom stereocenters. The molecule has 1 saturated heterocycles. The van der Waals surface area contributed by atoms with E-state index in [0.717, 1.165) is 84.4 Å². The summed E-state index contributed by atoms with van der Waals surface area (Å²) in [5, 5.41) is 0. The van der Waals surface area contributed by atoms with Gasteiger partial charge in [-0.2, -0.15) is 0 Å². The van der Waals surface area contributed by atoms with Gasteiger partial charge in [0.1, 0.15) is 11.9 Å². The second-order valence-electron chi connectivity index (χ2n) is 9.73. The van der Waals surface area contributed by atoms with Crippen LogP contribution < -0.4 is 10.5 Å². The van der Waals surface area contributed by atoms with Crippen molar-refractivity contribution in [2.24, 2.45) is 0 Å². The summed E-state index contributed by atoms with van der Waals surface area (Å²) < 4.78 is 33.7. The van der Waals surface area contributed by atoms with Gasteiger partial charge in [0.25, 0.3) is 0 Å². The number of rotatable bonds is 7. The van der Waals surface area contributed by atoms with Crippen LogP contribution in [0.15, 0.2) is 48.8 Å². The molecule has 3 aromatic rings. The lowest BCUT2D eigenvalue weighted by Gasteiger charge is -2.18. The van der Waals surface area contributed by atoms with Crippen molar-refractivity contribution in [2.45, 2.75) is 45.1 Å². The minimum atomic E-state index is -0.299. The first-order chi connectivity index (χ1) is 17.5. The van der Waals surface area contributed by atoms with Crippen LogP contribution in [0.4, 0.5) is 14.5 Å². The van der Waals surface area contributed by atoms with E-state index in [1.54, 1.807) is 18.5 Å². The molecular weight excluding hydrogens is 458 g/mol. The van der Waals surface area contributed by atoms with Gasteiger partial charge in [0, 0.05) is 48.8 Å². The second kappa shape index (κ2) is 10.7. The SMILES string of the molecule is Cc1ccc(C2=C(c3cnc(OC4CCN(CCCF)C4)nc3)c3ccc(N)cc3CCC2)c(F)c1. The fourth-order valence-electron chi connectivity index (χ4n) is 5.31. The number of allylic oxidation sites excluding steroid dienone is 1. The number of hydrogen-bond donors (Lipinski definition) is 1. The van der Waals surface area contributed by atoms with E-state index in [-0.39, 0.29) is 18.6 Å². The summed E-state index contributed by atoms with van der Waals surface area (Å²) in [7, 11) is 0. The number of likely N-dealkylation sites (tertiary alicyclic amines) is 1. The number of aryl methyl sites for hydroxylation is 2. The van der Waals surface area contributed by atoms with Gasteiger partial charge in [0.05, 0.1) is 6.67 Å². The molecule has 1 unspecified atom stereocenters. The Morgan fingerprint density at radius 3 is 2.67 bits per heavy atom. The molecule has 0 amide bonds. The monoisotopic (exact) mass is 490 g/mol. The smallest absolute Gasteiger partial charge is 0.316 e. The van der Waals surface area contributed by atoms with Gasteiger partial charge in [-0.1, -0.05) is 18.2 Å². The molecular formula is C29H32F2N4O. The maximum Gasteiger partial charge on any atom is 0.316 e. The summed E-state index contributed by atoms with van der Waals surface area (Å²) in [5.41, 5.74) is 13.2. The number of benzene rings is 2. The lowest BCUT2D eigenvalue weighted by Crippen LogP contribution is -2.26. The summed E-state index contributed by atoms with van der Waals surface area (Å²) in [4.78, 5) is 11.3. The zero-order valence-corrected chi connectivity index (χ0v) is 20.6. The van der Waals surface area contributed by atoms with Crippen LogP contribution in [0.5, 0.6) is 6.01 Å². The number of nitrogen functional groups attached to an aromatic ring is 1. The van der Waals surface area contributed by atoms with Crippen LogP contribution in [-0.4, -0.2) is 47.3 Å². The van der Waals surface area contributed by atoms with E-state index in [1.807, 2.05) is 37.3 Å². The highest BCUT2D eigenvalue weighted by Gasteiger charge is 2.25. The molecule has 1 aliphatic heterocycles. The number of hydrogen-bond acceptors (Lipinski definition) is 5. The second-order valence-corrected chi connectivity index (χ2v) is 9.73. The predicted octanol–water partition coefficient (Wildman–Crippen LogP) is 5.61. The van der Waals surface area contributed by atoms with Crippen molar-refractivity contribution in [3.05, 3.63) is 82.4 Å². The first-order valence-electron chi connectivity index (χ1n) is 12.7. The molecule has 5 nitrogen and oxygen atoms in total. The van der Waals surface area contributed by atoms with Crippen molar-refractivity contribution in [1.29, 1.82) is 0 Å². The van der Waals surface area contributed by atoms with Gasteiger partial charge in [0.2, 0.25) is 0 Å². The summed E-state index contributed by atoms with van der Waals surface area (Å²) in [6.45, 7) is 3.98. The number of halogens is 2. The molecule has 2 heterocycles. The third-order valence-corrected chi connectivity index (χ3v) is 7.05. The highest BCUT2D eigenvalue weighted by Crippen LogP contribution is 2.41. The van der Waals surface area contributed by atoms with Crippen LogP contribution in [0.2, 0.25) is 0 Å². The minimum absolute atomic E-state index is 0.00604. The zero-order valence-electron chi connectivity index (χ0n) is 20.6. The molecule has 36 heavy (non-hydrogen) atoms. The number of anilines is 1. The molecule has 5 rings (SSSR count). The minimum Gasteiger partial charge on any atom is -0.459 e. The Kier molecular flexibility index (Phi) is 7.28. The quantitative estimate of drug-likeness (QED) is 0.436. The topological polar surface area (TPSA) is 64.3 Å². The molecule has 1 fully saturated rings. The third kappa shape index (κ3) is 5.26. The van der Waals surface area contributed by atoms with Crippen LogP contribution in [0.3, 0.4) is 0 Å². The van der Waals surface area contributed by atoms with Crippen molar-refractivity contribution >= 4 is 16.8 Å². The van der Waals surface area contributed by atoms with Crippen LogP contribution in [-0.2, 0) is 6.42 Å². The van der Waals surface area contributed by atoms with Gasteiger partial charge in [-0.3, -0.25) is 9.29 Å². The van der Waals surface area contributed by atoms with Crippen molar-refractivity contribution in [1.82, 2.24) is 14.9 Å². The van der Waals surface area contributed by atoms with Crippen LogP contribution >= 0.6 is 0 Å². The number of aromatic nitrogens is 2. The van der Waals surface area contributed by atoms with E-state index in [2.05, 4.69) is 14.9 Å². The highest BCUT2D eigenvalue weighted by molar-refractivity contribution is 5.99. The standard InChI is InChI=1S/C29H32F2N4O/c1-19-6-8-25(27(31)14-19)26-5-2-4-20-15-22(32)7-9-24(20)28(26)21-16-33-29(34-17-21)36-23-10-13-35(18-23)12-3-11-30/h6-9,14-17,23H,2-5,10-13,18,32H2,1H3. The first-order valence-corrected chi connectivity index (χ1v) is 12.7. The summed E-state index contributed by atoms with van der Waals surface area (Å²) in [5.74, 6) is -0.221. The maximum absolute atomic E-state index is 15.2. The maximum atomic E-state index is 15.2. The Labute approximate surface area is 211 Å². The molecule has 1 aliphatic carbocycles. The lowest BCUT2D eigenvalue weighted by atomic mass is 9.88. The third-order valence-electron chi connectivity index (χ3n) is 7.05. The number of fused-ring (bicyclic) bond motifs is 1. The largest absolute Gasteiger partial charge is 0.459 e. The van der Waals surface area contributed by atoms with E-state index < -0.39 is 0 Å². The summed E-state index contributed by atoms with van der Waals surface area (Å²) in [6, 6.07) is 11.6. The highest BCUT2D eigenvalue weighted by atomic mass is 19.1. The Morgan fingerprint density at radius 1 is 1.08 bits per heavy atom. The van der Waals surface area contributed by atoms with Gasteiger partial charge >= 0.3 is 6.01 Å². The number of alkyl halides is 1. The molecule has 7 heteroatoms. The Morgan fingerprint density at radius 2 is 1.89 bits per heavy atom. The van der Waals surface area contributed by atoms with E-state index in [0.29, 0.717) is 18.0 Å². The predicted molar refractivity (Wildman–Crippen MR) is 139 cm³/mol. The van der Waals surface area contributed by atoms with Crippen molar-refractivity contribution in [3.8, 4) is 6.01 Å². The van der Waals surface area contributed by atoms with E-state index >= 15 is 4.39 Å². The van der Waals surface area contributed by atoms with Crippen molar-refractivity contribution < 1.29 is 13.5 Å². The number of nitrogens with zero attached hydrogens (tertiary/aromatic N) is 3. The van der Waals surface area contributed by atoms with Crippen LogP contribution in [0.25, 0.3) is 11.1 Å². The van der Waals surface area contributed by atoms with Crippen LogP contribution in [0.1, 0.15) is 53.5 Å². The number of ether oxygens (including phenoxy) is 1. The fraction of sp³-hybridized carbons (Fsp3) is 0.379. The Hall–Kier alpha value is -3.32. The van der Waals surface area contributed by atoms with Crippen molar-refractivity contribution in [2.75, 3.05) is 32.0 Å². The molecule has 0 bridgehead atoms. The Balaban J connectivity index is 1.49. The first kappa shape index (κ1) is 24.4. The normalized spacial score (nSPS) is 18.2. The molecule has 1 aromatic heterocycles. The summed E-state index contributed by atoms with van der Waals surface area (Å²) >= 11 is 0. The number of nitrogens with two attached hydrogens (primary N) is 1. The van der Waals surface area contributed by atoms with E-state index in [9.17, 15) is 4.39 Å². The molecule has 188 valence electrons. The van der Waals surface area contributed by atoms with Gasteiger partial charge in [-0.15, -0.1) is 0 Å². The van der Waals surface area contributed by atoms with Gasteiger partial charge in [-0.05, 0) is 85.1 Å². The summed E-state index contributed by atoms with van der Waals surface area (Å²) in [6.07, 6.45) is 7.44. The average Bonchev–Trinajstić information content (AvgIpc) is 3.22. The van der Waals surface area contributed by atoms with Gasteiger partial charge < -0.3 is 10.5 Å². The average molecular weight is 491 g/mol. The van der Waals surface area contributed by atoms with E-state index in [1.165, 1.54) is 0 Å². The van der Waals surface area contributed by atoms with Crippen molar-refractivity contribution in [3.63, 3.8) is 0 Å². The Bertz CT molecular complexity index is 1260. The molecule has 0 radical (unpaired) electrons. The zero-order chi connectivity index (χ0) is 25.1. The molecule has 2 aromatic carbocycles.